The Hall–Kier alpha value is -4.42. The Bertz CT molecular complexity index is 1460. The number of carbonyl (C=O) groups excluding carboxylic acids is 2. The normalized spacial score (nSPS) is 16.5. The van der Waals surface area contributed by atoms with Gasteiger partial charge in [0.2, 0.25) is 6.29 Å². The fourth-order valence-corrected chi connectivity index (χ4v) is 5.60. The van der Waals surface area contributed by atoms with Crippen LogP contribution in [0.1, 0.15) is 43.4 Å². The van der Waals surface area contributed by atoms with E-state index in [0.29, 0.717) is 16.5 Å². The molecular weight excluding hydrogens is 709 g/mol. The largest absolute Gasteiger partial charge is 0.511 e. The maximum atomic E-state index is 14.0. The molecule has 51 heavy (non-hydrogen) atoms. The molecule has 2 aromatic rings. The number of ether oxygens (including phenoxy) is 3. The van der Waals surface area contributed by atoms with E-state index in [4.69, 9.17) is 9.47 Å². The Morgan fingerprint density at radius 2 is 1.59 bits per heavy atom. The van der Waals surface area contributed by atoms with Crippen molar-refractivity contribution >= 4 is 23.9 Å². The molecule has 0 bridgehead atoms. The molecule has 1 N–H and O–H groups in total. The lowest BCUT2D eigenvalue weighted by atomic mass is 9.93. The van der Waals surface area contributed by atoms with Crippen LogP contribution in [-0.2, 0) is 38.3 Å². The number of carboxylic acid groups (broad SMARTS) is 1. The van der Waals surface area contributed by atoms with Gasteiger partial charge in [-0.25, -0.2) is 9.59 Å². The summed E-state index contributed by atoms with van der Waals surface area (Å²) >= 11 is 0. The number of halogens is 9. The molecule has 1 aliphatic rings. The molecule has 1 aliphatic heterocycles. The van der Waals surface area contributed by atoms with Crippen molar-refractivity contribution in [2.75, 3.05) is 37.7 Å². The predicted molar refractivity (Wildman–Crippen MR) is 161 cm³/mol. The number of esters is 1. The molecule has 0 aromatic heterocycles. The molecular formula is C32H36F9N3O7. The zero-order valence-electron chi connectivity index (χ0n) is 27.4. The molecule has 10 nitrogen and oxygen atoms in total. The molecule has 3 rings (SSSR count). The van der Waals surface area contributed by atoms with Crippen molar-refractivity contribution in [2.24, 2.45) is 5.92 Å². The van der Waals surface area contributed by atoms with E-state index < -0.39 is 86.7 Å². The number of alkyl halides is 9. The summed E-state index contributed by atoms with van der Waals surface area (Å²) in [5, 5.41) is 9.38. The van der Waals surface area contributed by atoms with Gasteiger partial charge in [-0.15, -0.1) is 0 Å². The van der Waals surface area contributed by atoms with E-state index in [1.807, 2.05) is 0 Å². The van der Waals surface area contributed by atoms with E-state index >= 15 is 0 Å². The van der Waals surface area contributed by atoms with Gasteiger partial charge in [0.1, 0.15) is 0 Å². The highest BCUT2D eigenvalue weighted by Crippen LogP contribution is 2.44. The molecule has 1 amide bonds. The van der Waals surface area contributed by atoms with Crippen LogP contribution in [0.5, 0.6) is 0 Å². The van der Waals surface area contributed by atoms with Gasteiger partial charge in [-0.3, -0.25) is 9.69 Å². The first-order chi connectivity index (χ1) is 23.7. The minimum Gasteiger partial charge on any atom is -0.465 e. The molecule has 1 heterocycles. The Morgan fingerprint density at radius 3 is 2.16 bits per heavy atom. The van der Waals surface area contributed by atoms with Crippen LogP contribution in [0.25, 0.3) is 0 Å². The molecule has 0 radical (unpaired) electrons. The van der Waals surface area contributed by atoms with E-state index in [0.717, 1.165) is 17.0 Å². The number of benzene rings is 2. The summed E-state index contributed by atoms with van der Waals surface area (Å²) < 4.78 is 140. The van der Waals surface area contributed by atoms with Gasteiger partial charge >= 0.3 is 36.7 Å². The van der Waals surface area contributed by atoms with Crippen LogP contribution in [0, 0.1) is 5.92 Å². The average molecular weight is 746 g/mol. The molecule has 0 spiro atoms. The van der Waals surface area contributed by atoms with Crippen LogP contribution in [0.15, 0.2) is 48.5 Å². The second-order valence-electron chi connectivity index (χ2n) is 11.5. The van der Waals surface area contributed by atoms with Gasteiger partial charge in [0.25, 0.3) is 0 Å². The number of amides is 1. The molecule has 19 heteroatoms. The number of hydrogen-bond donors (Lipinski definition) is 1. The zero-order valence-corrected chi connectivity index (χ0v) is 27.4. The van der Waals surface area contributed by atoms with Crippen molar-refractivity contribution in [3.8, 4) is 0 Å². The van der Waals surface area contributed by atoms with E-state index in [-0.39, 0.29) is 43.8 Å². The fourth-order valence-electron chi connectivity index (χ4n) is 5.60. The second kappa shape index (κ2) is 17.2. The third kappa shape index (κ3) is 12.1. The number of anilines is 1. The summed E-state index contributed by atoms with van der Waals surface area (Å²) in [6.45, 7) is -0.376. The Labute approximate surface area is 286 Å². The number of hydrogen-bond acceptors (Lipinski definition) is 8. The first-order valence-corrected chi connectivity index (χ1v) is 15.6. The predicted octanol–water partition coefficient (Wildman–Crippen LogP) is 7.46. The minimum absolute atomic E-state index is 0.00128. The van der Waals surface area contributed by atoms with Gasteiger partial charge in [0.15, 0.2) is 5.92 Å². The highest BCUT2D eigenvalue weighted by Gasteiger charge is 2.62. The Morgan fingerprint density at radius 1 is 0.941 bits per heavy atom. The summed E-state index contributed by atoms with van der Waals surface area (Å²) in [6.07, 6.45) is -21.1. The van der Waals surface area contributed by atoms with E-state index in [1.54, 1.807) is 30.3 Å². The Kier molecular flexibility index (Phi) is 13.8. The minimum atomic E-state index is -5.83. The van der Waals surface area contributed by atoms with Crippen molar-refractivity contribution in [1.82, 2.24) is 9.80 Å². The summed E-state index contributed by atoms with van der Waals surface area (Å²) in [4.78, 5) is 38.1. The average Bonchev–Trinajstić information content (AvgIpc) is 3.00. The molecule has 2 aromatic carbocycles. The number of piperazine rings is 1. The monoisotopic (exact) mass is 745 g/mol. The van der Waals surface area contributed by atoms with Crippen molar-refractivity contribution in [2.45, 2.75) is 70.6 Å². The van der Waals surface area contributed by atoms with Crippen molar-refractivity contribution in [3.63, 3.8) is 0 Å². The lowest BCUT2D eigenvalue weighted by molar-refractivity contribution is -0.302. The fraction of sp³-hybridized carbons (Fsp3) is 0.531. The molecule has 1 saturated heterocycles. The van der Waals surface area contributed by atoms with Gasteiger partial charge in [-0.1, -0.05) is 36.4 Å². The molecule has 2 atom stereocenters. The highest BCUT2D eigenvalue weighted by atomic mass is 19.4. The van der Waals surface area contributed by atoms with Gasteiger partial charge in [-0.2, -0.15) is 39.5 Å². The summed E-state index contributed by atoms with van der Waals surface area (Å²) in [5.74, 6) is -4.81. The lowest BCUT2D eigenvalue weighted by Gasteiger charge is -2.45. The SMILES string of the molecule is CCOC(=O)OC(C)OC(=O)CCCN(Cc1ccccc1)c1cc(C(F)(F)F)ccc1CN1CCN(C(=O)O)CC1C(C(F)(F)F)C(F)(F)F. The number of nitrogens with zero attached hydrogens (tertiary/aromatic N) is 3. The maximum absolute atomic E-state index is 14.0. The van der Waals surface area contributed by atoms with Crippen LogP contribution in [0.4, 0.5) is 54.8 Å². The van der Waals surface area contributed by atoms with Gasteiger partial charge < -0.3 is 29.1 Å². The van der Waals surface area contributed by atoms with Crippen LogP contribution < -0.4 is 4.90 Å². The van der Waals surface area contributed by atoms with Crippen molar-refractivity contribution in [3.05, 3.63) is 65.2 Å². The molecule has 2 unspecified atom stereocenters. The van der Waals surface area contributed by atoms with Gasteiger partial charge in [0.05, 0.1) is 12.2 Å². The third-order valence-electron chi connectivity index (χ3n) is 7.87. The van der Waals surface area contributed by atoms with Gasteiger partial charge in [-0.05, 0) is 36.6 Å². The topological polar surface area (TPSA) is 109 Å². The van der Waals surface area contributed by atoms with Gasteiger partial charge in [0, 0.05) is 64.3 Å². The number of carbonyl (C=O) groups is 3. The van der Waals surface area contributed by atoms with Crippen molar-refractivity contribution in [1.29, 1.82) is 0 Å². The van der Waals surface area contributed by atoms with Crippen molar-refractivity contribution < 1.29 is 73.2 Å². The maximum Gasteiger partial charge on any atom is 0.511 e. The van der Waals surface area contributed by atoms with E-state index in [9.17, 15) is 59.0 Å². The van der Waals surface area contributed by atoms with Crippen LogP contribution in [-0.4, -0.2) is 90.6 Å². The van der Waals surface area contributed by atoms with Crippen LogP contribution >= 0.6 is 0 Å². The van der Waals surface area contributed by atoms with Crippen LogP contribution in [0.2, 0.25) is 0 Å². The molecule has 1 fully saturated rings. The Balaban J connectivity index is 2.00. The summed E-state index contributed by atoms with van der Waals surface area (Å²) in [7, 11) is 0. The molecule has 0 aliphatic carbocycles. The standard InChI is InChI=1S/C32H36F9N3O7/c1-3-49-29(48)51-20(2)50-26(45)10-7-13-42(17-21-8-5-4-6-9-21)24-16-23(30(33,34)35)12-11-22(24)18-43-14-15-44(28(46)47)19-25(43)27(31(36,37)38)32(39,40)41/h4-6,8-9,11-12,16,20,25,27H,3,7,10,13-15,17-19H2,1-2H3,(H,46,47). The summed E-state index contributed by atoms with van der Waals surface area (Å²) in [5.41, 5.74) is -0.840. The first kappa shape index (κ1) is 41.0. The molecule has 0 saturated carbocycles. The summed E-state index contributed by atoms with van der Waals surface area (Å²) in [6, 6.07) is 8.11. The lowest BCUT2D eigenvalue weighted by Crippen LogP contribution is -2.62. The third-order valence-corrected chi connectivity index (χ3v) is 7.87. The van der Waals surface area contributed by atoms with E-state index in [1.165, 1.54) is 18.7 Å². The highest BCUT2D eigenvalue weighted by molar-refractivity contribution is 5.70. The smallest absolute Gasteiger partial charge is 0.465 e. The quantitative estimate of drug-likeness (QED) is 0.127. The zero-order chi connectivity index (χ0) is 38.1. The van der Waals surface area contributed by atoms with Crippen LogP contribution in [0.3, 0.4) is 0 Å². The number of rotatable bonds is 13. The van der Waals surface area contributed by atoms with E-state index in [2.05, 4.69) is 4.74 Å². The first-order valence-electron chi connectivity index (χ1n) is 15.6. The second-order valence-corrected chi connectivity index (χ2v) is 11.5. The molecule has 284 valence electrons.